The number of hydrogen-bond donors (Lipinski definition) is 2. The van der Waals surface area contributed by atoms with E-state index >= 15 is 0 Å². The van der Waals surface area contributed by atoms with Gasteiger partial charge in [-0.1, -0.05) is 13.8 Å². The van der Waals surface area contributed by atoms with Crippen molar-refractivity contribution in [2.45, 2.75) is 27.2 Å². The van der Waals surface area contributed by atoms with Crippen molar-refractivity contribution in [3.63, 3.8) is 0 Å². The fourth-order valence-electron chi connectivity index (χ4n) is 1.96. The fourth-order valence-corrected chi connectivity index (χ4v) is 2.58. The molecule has 6 heteroatoms. The van der Waals surface area contributed by atoms with Gasteiger partial charge >= 0.3 is 0 Å². The summed E-state index contributed by atoms with van der Waals surface area (Å²) in [4.78, 5) is 28.2. The highest BCUT2D eigenvalue weighted by atomic mass is 32.1. The molecule has 122 valence electrons. The molecule has 1 aromatic heterocycles. The summed E-state index contributed by atoms with van der Waals surface area (Å²) >= 11 is 1.53. The smallest absolute Gasteiger partial charge is 0.251 e. The highest BCUT2D eigenvalue weighted by Crippen LogP contribution is 2.12. The van der Waals surface area contributed by atoms with Crippen LogP contribution in [0.5, 0.6) is 0 Å². The number of hydrogen-bond acceptors (Lipinski definition) is 4. The number of carbonyl (C=O) groups excluding carboxylic acids is 2. The van der Waals surface area contributed by atoms with Crippen LogP contribution < -0.4 is 10.6 Å². The molecular weight excluding hydrogens is 310 g/mol. The average molecular weight is 331 g/mol. The van der Waals surface area contributed by atoms with Gasteiger partial charge in [0.05, 0.1) is 17.1 Å². The first-order valence-electron chi connectivity index (χ1n) is 7.53. The topological polar surface area (TPSA) is 71.1 Å². The van der Waals surface area contributed by atoms with E-state index in [1.165, 1.54) is 11.3 Å². The molecule has 2 aromatic rings. The molecule has 0 radical (unpaired) electrons. The zero-order valence-electron chi connectivity index (χ0n) is 13.6. The van der Waals surface area contributed by atoms with Gasteiger partial charge in [-0.15, -0.1) is 11.3 Å². The summed E-state index contributed by atoms with van der Waals surface area (Å²) in [5, 5.41) is 8.50. The molecule has 1 aromatic carbocycles. The van der Waals surface area contributed by atoms with Gasteiger partial charge in [0, 0.05) is 23.2 Å². The molecular formula is C17H21N3O2S. The van der Waals surface area contributed by atoms with Gasteiger partial charge in [-0.05, 0) is 37.1 Å². The number of nitrogens with zero attached hydrogens (tertiary/aromatic N) is 1. The molecule has 0 aliphatic carbocycles. The Hall–Kier alpha value is -2.21. The van der Waals surface area contributed by atoms with Gasteiger partial charge in [-0.25, -0.2) is 4.98 Å². The Morgan fingerprint density at radius 2 is 1.91 bits per heavy atom. The lowest BCUT2D eigenvalue weighted by Gasteiger charge is -2.08. The first kappa shape index (κ1) is 17.1. The number of carbonyl (C=O) groups is 2. The highest BCUT2D eigenvalue weighted by molar-refractivity contribution is 7.09. The van der Waals surface area contributed by atoms with E-state index in [-0.39, 0.29) is 18.2 Å². The average Bonchev–Trinajstić information content (AvgIpc) is 2.90. The van der Waals surface area contributed by atoms with E-state index in [0.29, 0.717) is 23.7 Å². The molecule has 0 aliphatic heterocycles. The van der Waals surface area contributed by atoms with Crippen molar-refractivity contribution >= 4 is 28.8 Å². The third-order valence-electron chi connectivity index (χ3n) is 3.11. The Bertz CT molecular complexity index is 677. The molecule has 0 atom stereocenters. The molecule has 1 heterocycles. The van der Waals surface area contributed by atoms with Gasteiger partial charge in [-0.2, -0.15) is 0 Å². The first-order chi connectivity index (χ1) is 10.9. The predicted molar refractivity (Wildman–Crippen MR) is 92.8 cm³/mol. The lowest BCUT2D eigenvalue weighted by atomic mass is 10.1. The third kappa shape index (κ3) is 5.49. The number of aryl methyl sites for hydroxylation is 1. The van der Waals surface area contributed by atoms with Crippen molar-refractivity contribution < 1.29 is 9.59 Å². The van der Waals surface area contributed by atoms with Crippen molar-refractivity contribution in [3.05, 3.63) is 45.9 Å². The van der Waals surface area contributed by atoms with Gasteiger partial charge in [0.1, 0.15) is 0 Å². The minimum absolute atomic E-state index is 0.102. The quantitative estimate of drug-likeness (QED) is 0.855. The van der Waals surface area contributed by atoms with Crippen LogP contribution in [0.4, 0.5) is 5.69 Å². The number of rotatable bonds is 6. The maximum absolute atomic E-state index is 12.0. The van der Waals surface area contributed by atoms with Gasteiger partial charge in [0.15, 0.2) is 0 Å². The second-order valence-corrected chi connectivity index (χ2v) is 6.83. The fraction of sp³-hybridized carbons (Fsp3) is 0.353. The molecule has 0 aliphatic rings. The Morgan fingerprint density at radius 3 is 2.48 bits per heavy atom. The number of thiazole rings is 1. The van der Waals surface area contributed by atoms with E-state index in [4.69, 9.17) is 0 Å². The summed E-state index contributed by atoms with van der Waals surface area (Å²) in [6, 6.07) is 6.87. The Kier molecular flexibility index (Phi) is 5.87. The predicted octanol–water partition coefficient (Wildman–Crippen LogP) is 3.02. The molecule has 2 amide bonds. The lowest BCUT2D eigenvalue weighted by molar-refractivity contribution is -0.115. The SMILES string of the molecule is Cc1nc(CC(=O)Nc2ccc(C(=O)NCC(C)C)cc2)cs1. The van der Waals surface area contributed by atoms with Crippen molar-refractivity contribution in [1.29, 1.82) is 0 Å². The molecule has 2 N–H and O–H groups in total. The van der Waals surface area contributed by atoms with Crippen molar-refractivity contribution in [2.24, 2.45) is 5.92 Å². The molecule has 23 heavy (non-hydrogen) atoms. The molecule has 0 saturated heterocycles. The van der Waals surface area contributed by atoms with Crippen molar-refractivity contribution in [1.82, 2.24) is 10.3 Å². The maximum atomic E-state index is 12.0. The zero-order valence-corrected chi connectivity index (χ0v) is 14.4. The van der Waals surface area contributed by atoms with Crippen LogP contribution in [0.2, 0.25) is 0 Å². The van der Waals surface area contributed by atoms with Gasteiger partial charge in [0.2, 0.25) is 5.91 Å². The van der Waals surface area contributed by atoms with Gasteiger partial charge in [0.25, 0.3) is 5.91 Å². The molecule has 0 bridgehead atoms. The molecule has 2 rings (SSSR count). The van der Waals surface area contributed by atoms with Crippen LogP contribution in [0.25, 0.3) is 0 Å². The number of nitrogens with one attached hydrogen (secondary N) is 2. The Balaban J connectivity index is 1.89. The summed E-state index contributed by atoms with van der Waals surface area (Å²) in [6.07, 6.45) is 0.251. The molecule has 0 saturated carbocycles. The van der Waals surface area contributed by atoms with Crippen LogP contribution in [-0.4, -0.2) is 23.3 Å². The standard InChI is InChI=1S/C17H21N3O2S/c1-11(2)9-18-17(22)13-4-6-14(7-5-13)20-16(21)8-15-10-23-12(3)19-15/h4-7,10-11H,8-9H2,1-3H3,(H,18,22)(H,20,21). The summed E-state index contributed by atoms with van der Waals surface area (Å²) < 4.78 is 0. The van der Waals surface area contributed by atoms with E-state index in [1.54, 1.807) is 24.3 Å². The Labute approximate surface area is 140 Å². The number of anilines is 1. The van der Waals surface area contributed by atoms with Crippen LogP contribution in [-0.2, 0) is 11.2 Å². The maximum Gasteiger partial charge on any atom is 0.251 e. The van der Waals surface area contributed by atoms with E-state index in [0.717, 1.165) is 10.7 Å². The summed E-state index contributed by atoms with van der Waals surface area (Å²) in [7, 11) is 0. The molecule has 5 nitrogen and oxygen atoms in total. The number of amides is 2. The second kappa shape index (κ2) is 7.87. The van der Waals surface area contributed by atoms with Gasteiger partial charge < -0.3 is 10.6 Å². The monoisotopic (exact) mass is 331 g/mol. The van der Waals surface area contributed by atoms with Crippen molar-refractivity contribution in [2.75, 3.05) is 11.9 Å². The minimum Gasteiger partial charge on any atom is -0.352 e. The number of aromatic nitrogens is 1. The van der Waals surface area contributed by atoms with Crippen LogP contribution in [0.15, 0.2) is 29.6 Å². The van der Waals surface area contributed by atoms with E-state index in [1.807, 2.05) is 26.2 Å². The summed E-state index contributed by atoms with van der Waals surface area (Å²) in [5.74, 6) is 0.189. The van der Waals surface area contributed by atoms with Crippen LogP contribution in [0, 0.1) is 12.8 Å². The second-order valence-electron chi connectivity index (χ2n) is 5.76. The third-order valence-corrected chi connectivity index (χ3v) is 3.93. The lowest BCUT2D eigenvalue weighted by Crippen LogP contribution is -2.27. The van der Waals surface area contributed by atoms with E-state index in [2.05, 4.69) is 15.6 Å². The zero-order chi connectivity index (χ0) is 16.8. The van der Waals surface area contributed by atoms with Crippen LogP contribution in [0.1, 0.15) is 34.9 Å². The highest BCUT2D eigenvalue weighted by Gasteiger charge is 2.09. The molecule has 0 spiro atoms. The minimum atomic E-state index is -0.118. The van der Waals surface area contributed by atoms with Crippen LogP contribution in [0.3, 0.4) is 0 Å². The molecule has 0 unspecified atom stereocenters. The Morgan fingerprint density at radius 1 is 1.22 bits per heavy atom. The van der Waals surface area contributed by atoms with Crippen LogP contribution >= 0.6 is 11.3 Å². The first-order valence-corrected chi connectivity index (χ1v) is 8.41. The summed E-state index contributed by atoms with van der Waals surface area (Å²) in [6.45, 7) is 6.64. The van der Waals surface area contributed by atoms with E-state index < -0.39 is 0 Å². The number of benzene rings is 1. The summed E-state index contributed by atoms with van der Waals surface area (Å²) in [5.41, 5.74) is 2.02. The van der Waals surface area contributed by atoms with E-state index in [9.17, 15) is 9.59 Å². The van der Waals surface area contributed by atoms with Gasteiger partial charge in [-0.3, -0.25) is 9.59 Å². The largest absolute Gasteiger partial charge is 0.352 e. The molecule has 0 fully saturated rings. The van der Waals surface area contributed by atoms with Crippen molar-refractivity contribution in [3.8, 4) is 0 Å². The normalized spacial score (nSPS) is 10.6.